The Labute approximate surface area is 317 Å². The van der Waals surface area contributed by atoms with E-state index in [1.165, 1.54) is 83.5 Å². The zero-order valence-electron chi connectivity index (χ0n) is 30.4. The Morgan fingerprint density at radius 1 is 0.352 bits per heavy atom. The molecule has 0 saturated heterocycles. The van der Waals surface area contributed by atoms with Crippen molar-refractivity contribution in [3.05, 3.63) is 238 Å². The van der Waals surface area contributed by atoms with Gasteiger partial charge in [-0.25, -0.2) is 0 Å². The molecule has 0 fully saturated rings. The van der Waals surface area contributed by atoms with Crippen molar-refractivity contribution in [2.75, 3.05) is 0 Å². The van der Waals surface area contributed by atoms with Crippen LogP contribution in [0.2, 0.25) is 0 Å². The zero-order valence-corrected chi connectivity index (χ0v) is 30.4. The first-order valence-electron chi connectivity index (χ1n) is 19.0. The highest BCUT2D eigenvalue weighted by Gasteiger charge is 2.51. The number of benzene rings is 8. The van der Waals surface area contributed by atoms with E-state index in [-0.39, 0.29) is 11.3 Å². The van der Waals surface area contributed by atoms with Crippen molar-refractivity contribution in [3.8, 4) is 44.9 Å². The molecule has 1 heterocycles. The fourth-order valence-electron chi connectivity index (χ4n) is 10.0. The van der Waals surface area contributed by atoms with E-state index in [4.69, 9.17) is 4.74 Å². The Morgan fingerprint density at radius 2 is 0.796 bits per heavy atom. The molecule has 0 saturated carbocycles. The lowest BCUT2D eigenvalue weighted by Crippen LogP contribution is -2.32. The fraction of sp³-hybridized carbons (Fsp3) is 0.0943. The minimum absolute atomic E-state index is 0.0102. The molecule has 8 aromatic rings. The summed E-state index contributed by atoms with van der Waals surface area (Å²) in [5, 5.41) is 0. The van der Waals surface area contributed by atoms with Gasteiger partial charge in [-0.2, -0.15) is 0 Å². The lowest BCUT2D eigenvalue weighted by molar-refractivity contribution is 0.436. The SMILES string of the molecule is CC1(C)c2ccccc2-c2ccc(C(c3ccc(-c4ccccc4)cc3)c3ccc4c(c3)C3(c5ccccc5Oc5ccccc53)c3ccccc3-4)cc21. The molecular weight excluding hydrogens is 653 g/mol. The van der Waals surface area contributed by atoms with Gasteiger partial charge in [0, 0.05) is 22.5 Å². The van der Waals surface area contributed by atoms with E-state index < -0.39 is 5.41 Å². The molecule has 2 aliphatic carbocycles. The number of rotatable bonds is 4. The lowest BCUT2D eigenvalue weighted by atomic mass is 9.65. The van der Waals surface area contributed by atoms with Crippen LogP contribution in [0, 0.1) is 0 Å². The van der Waals surface area contributed by atoms with Crippen molar-refractivity contribution >= 4 is 0 Å². The molecule has 8 aromatic carbocycles. The predicted octanol–water partition coefficient (Wildman–Crippen LogP) is 13.3. The Morgan fingerprint density at radius 3 is 1.44 bits per heavy atom. The summed E-state index contributed by atoms with van der Waals surface area (Å²) in [6.45, 7) is 4.75. The van der Waals surface area contributed by atoms with Crippen molar-refractivity contribution in [3.63, 3.8) is 0 Å². The Bertz CT molecular complexity index is 2720. The highest BCUT2D eigenvalue weighted by atomic mass is 16.5. The molecule has 0 amide bonds. The third-order valence-electron chi connectivity index (χ3n) is 12.5. The van der Waals surface area contributed by atoms with Crippen LogP contribution in [0.3, 0.4) is 0 Å². The van der Waals surface area contributed by atoms with E-state index in [1.807, 2.05) is 0 Å². The maximum Gasteiger partial charge on any atom is 0.132 e. The molecule has 1 spiro atoms. The number of ether oxygens (including phenoxy) is 1. The van der Waals surface area contributed by atoms with Gasteiger partial charge in [0.2, 0.25) is 0 Å². The number of hydrogen-bond donors (Lipinski definition) is 0. The minimum atomic E-state index is -0.517. The highest BCUT2D eigenvalue weighted by molar-refractivity contribution is 5.89. The van der Waals surface area contributed by atoms with Gasteiger partial charge in [0.25, 0.3) is 0 Å². The molecule has 1 heteroatoms. The summed E-state index contributed by atoms with van der Waals surface area (Å²) < 4.78 is 6.65. The molecule has 0 N–H and O–H groups in total. The van der Waals surface area contributed by atoms with E-state index >= 15 is 0 Å². The first-order chi connectivity index (χ1) is 26.5. The van der Waals surface area contributed by atoms with Crippen LogP contribution in [-0.4, -0.2) is 0 Å². The molecule has 0 radical (unpaired) electrons. The van der Waals surface area contributed by atoms with Crippen LogP contribution < -0.4 is 4.74 Å². The first-order valence-corrected chi connectivity index (χ1v) is 19.0. The average Bonchev–Trinajstić information content (AvgIpc) is 3.64. The second-order valence-corrected chi connectivity index (χ2v) is 15.6. The van der Waals surface area contributed by atoms with E-state index in [9.17, 15) is 0 Å². The van der Waals surface area contributed by atoms with Gasteiger partial charge in [0.05, 0.1) is 5.41 Å². The summed E-state index contributed by atoms with van der Waals surface area (Å²) in [7, 11) is 0. The summed E-state index contributed by atoms with van der Waals surface area (Å²) in [4.78, 5) is 0. The normalized spacial score (nSPS) is 15.2. The molecular formula is C53H38O. The van der Waals surface area contributed by atoms with E-state index in [2.05, 4.69) is 202 Å². The topological polar surface area (TPSA) is 9.23 Å². The van der Waals surface area contributed by atoms with Crippen molar-refractivity contribution in [2.45, 2.75) is 30.6 Å². The Balaban J connectivity index is 1.16. The number of fused-ring (bicyclic) bond motifs is 12. The Hall–Kier alpha value is -6.44. The van der Waals surface area contributed by atoms with E-state index in [0.29, 0.717) is 0 Å². The van der Waals surface area contributed by atoms with Gasteiger partial charge < -0.3 is 4.74 Å². The second kappa shape index (κ2) is 11.5. The maximum atomic E-state index is 6.65. The van der Waals surface area contributed by atoms with Gasteiger partial charge in [-0.05, 0) is 84.5 Å². The quantitative estimate of drug-likeness (QED) is 0.167. The van der Waals surface area contributed by atoms with Gasteiger partial charge in [0.15, 0.2) is 0 Å². The minimum Gasteiger partial charge on any atom is -0.457 e. The van der Waals surface area contributed by atoms with Crippen LogP contribution in [-0.2, 0) is 10.8 Å². The average molecular weight is 691 g/mol. The van der Waals surface area contributed by atoms with Gasteiger partial charge in [-0.15, -0.1) is 0 Å². The largest absolute Gasteiger partial charge is 0.457 e. The molecule has 54 heavy (non-hydrogen) atoms. The van der Waals surface area contributed by atoms with Gasteiger partial charge in [-0.3, -0.25) is 0 Å². The van der Waals surface area contributed by atoms with Crippen molar-refractivity contribution < 1.29 is 4.74 Å². The third kappa shape index (κ3) is 4.27. The monoisotopic (exact) mass is 690 g/mol. The molecule has 1 nitrogen and oxygen atoms in total. The second-order valence-electron chi connectivity index (χ2n) is 15.6. The number of para-hydroxylation sites is 2. The molecule has 0 bridgehead atoms. The smallest absolute Gasteiger partial charge is 0.132 e. The fourth-order valence-corrected chi connectivity index (χ4v) is 10.0. The van der Waals surface area contributed by atoms with Crippen LogP contribution in [0.4, 0.5) is 0 Å². The summed E-state index contributed by atoms with van der Waals surface area (Å²) in [5.74, 6) is 1.84. The standard InChI is InChI=1S/C53H38O/c1-52(2)43-18-8-6-16-39(43)41-30-28-37(32-47(41)52)51(36-26-24-35(25-27-36)34-14-4-3-5-15-34)38-29-31-42-40-17-7-9-19-44(40)53(48(42)33-38)45-20-10-12-22-49(45)54-50-23-13-11-21-46(50)53/h3-33,51H,1-2H3. The predicted molar refractivity (Wildman–Crippen MR) is 221 cm³/mol. The molecule has 1 unspecified atom stereocenters. The summed E-state index contributed by atoms with van der Waals surface area (Å²) in [6, 6.07) is 69.7. The van der Waals surface area contributed by atoms with Crippen LogP contribution in [0.5, 0.6) is 11.5 Å². The van der Waals surface area contributed by atoms with Gasteiger partial charge in [-0.1, -0.05) is 190 Å². The van der Waals surface area contributed by atoms with Crippen LogP contribution in [0.25, 0.3) is 33.4 Å². The molecule has 1 aliphatic heterocycles. The molecule has 3 aliphatic rings. The molecule has 11 rings (SSSR count). The van der Waals surface area contributed by atoms with Crippen LogP contribution in [0.1, 0.15) is 69.8 Å². The van der Waals surface area contributed by atoms with E-state index in [0.717, 1.165) is 11.5 Å². The van der Waals surface area contributed by atoms with Crippen molar-refractivity contribution in [1.29, 1.82) is 0 Å². The number of hydrogen-bond acceptors (Lipinski definition) is 1. The Kier molecular flexibility index (Phi) is 6.64. The van der Waals surface area contributed by atoms with E-state index in [1.54, 1.807) is 0 Å². The van der Waals surface area contributed by atoms with Crippen LogP contribution >= 0.6 is 0 Å². The first kappa shape index (κ1) is 31.1. The molecule has 0 aromatic heterocycles. The van der Waals surface area contributed by atoms with Crippen molar-refractivity contribution in [2.24, 2.45) is 0 Å². The zero-order chi connectivity index (χ0) is 36.0. The summed E-state index contributed by atoms with van der Waals surface area (Å²) >= 11 is 0. The maximum absolute atomic E-state index is 6.65. The lowest BCUT2D eigenvalue weighted by Gasteiger charge is -2.39. The van der Waals surface area contributed by atoms with Crippen molar-refractivity contribution in [1.82, 2.24) is 0 Å². The molecule has 256 valence electrons. The van der Waals surface area contributed by atoms with Crippen LogP contribution in [0.15, 0.2) is 188 Å². The van der Waals surface area contributed by atoms with Gasteiger partial charge >= 0.3 is 0 Å². The third-order valence-corrected chi connectivity index (χ3v) is 12.5. The molecule has 1 atom stereocenters. The summed E-state index contributed by atoms with van der Waals surface area (Å²) in [5.41, 5.74) is 18.7. The highest BCUT2D eigenvalue weighted by Crippen LogP contribution is 2.62. The van der Waals surface area contributed by atoms with Gasteiger partial charge in [0.1, 0.15) is 11.5 Å². The summed E-state index contributed by atoms with van der Waals surface area (Å²) in [6.07, 6.45) is 0.